The summed E-state index contributed by atoms with van der Waals surface area (Å²) >= 11 is 0. The minimum atomic E-state index is 0.506. The molecule has 0 aliphatic carbocycles. The number of hydrogen-bond donors (Lipinski definition) is 2. The van der Waals surface area contributed by atoms with E-state index in [0.29, 0.717) is 6.67 Å². The standard InChI is InChI=1S/C12H20N2O2/c1-9-6-11(15-2)12(16-3)7-10(9)4-5-14-8-13/h6-7,14H,4-5,8,13H2,1-3H3. The molecule has 0 aromatic heterocycles. The lowest BCUT2D eigenvalue weighted by atomic mass is 10.0. The molecule has 90 valence electrons. The van der Waals surface area contributed by atoms with Gasteiger partial charge in [-0.05, 0) is 36.6 Å². The van der Waals surface area contributed by atoms with Crippen molar-refractivity contribution in [2.75, 3.05) is 27.4 Å². The Morgan fingerprint density at radius 2 is 1.81 bits per heavy atom. The van der Waals surface area contributed by atoms with E-state index in [1.807, 2.05) is 12.1 Å². The van der Waals surface area contributed by atoms with Gasteiger partial charge in [-0.25, -0.2) is 0 Å². The zero-order valence-electron chi connectivity index (χ0n) is 10.2. The van der Waals surface area contributed by atoms with Crippen LogP contribution in [-0.4, -0.2) is 27.4 Å². The Morgan fingerprint density at radius 3 is 2.38 bits per heavy atom. The lowest BCUT2D eigenvalue weighted by Gasteiger charge is -2.12. The monoisotopic (exact) mass is 224 g/mol. The van der Waals surface area contributed by atoms with Crippen LogP contribution in [0.2, 0.25) is 0 Å². The van der Waals surface area contributed by atoms with Gasteiger partial charge in [-0.1, -0.05) is 0 Å². The molecule has 1 aromatic rings. The topological polar surface area (TPSA) is 56.5 Å². The number of nitrogens with two attached hydrogens (primary N) is 1. The van der Waals surface area contributed by atoms with Gasteiger partial charge in [0.25, 0.3) is 0 Å². The molecule has 0 fully saturated rings. The van der Waals surface area contributed by atoms with Crippen molar-refractivity contribution in [3.8, 4) is 11.5 Å². The summed E-state index contributed by atoms with van der Waals surface area (Å²) in [6.45, 7) is 3.44. The van der Waals surface area contributed by atoms with Crippen LogP contribution in [0.5, 0.6) is 11.5 Å². The van der Waals surface area contributed by atoms with Crippen molar-refractivity contribution in [3.05, 3.63) is 23.3 Å². The highest BCUT2D eigenvalue weighted by atomic mass is 16.5. The molecule has 0 aliphatic heterocycles. The van der Waals surface area contributed by atoms with E-state index in [-0.39, 0.29) is 0 Å². The summed E-state index contributed by atoms with van der Waals surface area (Å²) in [6.07, 6.45) is 0.934. The Bertz CT molecular complexity index is 340. The maximum Gasteiger partial charge on any atom is 0.161 e. The van der Waals surface area contributed by atoms with E-state index in [0.717, 1.165) is 24.5 Å². The van der Waals surface area contributed by atoms with Crippen LogP contribution in [0.4, 0.5) is 0 Å². The van der Waals surface area contributed by atoms with Crippen LogP contribution in [0.3, 0.4) is 0 Å². The molecule has 0 bridgehead atoms. The van der Waals surface area contributed by atoms with E-state index in [2.05, 4.69) is 12.2 Å². The van der Waals surface area contributed by atoms with Crippen LogP contribution in [0, 0.1) is 6.92 Å². The van der Waals surface area contributed by atoms with Gasteiger partial charge in [0.15, 0.2) is 11.5 Å². The lowest BCUT2D eigenvalue weighted by molar-refractivity contribution is 0.354. The molecule has 0 amide bonds. The largest absolute Gasteiger partial charge is 0.493 e. The number of methoxy groups -OCH3 is 2. The molecule has 0 saturated heterocycles. The van der Waals surface area contributed by atoms with E-state index in [9.17, 15) is 0 Å². The smallest absolute Gasteiger partial charge is 0.161 e. The Kier molecular flexibility index (Phi) is 5.08. The zero-order valence-corrected chi connectivity index (χ0v) is 10.2. The third kappa shape index (κ3) is 3.12. The zero-order chi connectivity index (χ0) is 12.0. The summed E-state index contributed by atoms with van der Waals surface area (Å²) in [5.41, 5.74) is 7.83. The molecule has 0 aliphatic rings. The van der Waals surface area contributed by atoms with Gasteiger partial charge in [0.05, 0.1) is 14.2 Å². The minimum absolute atomic E-state index is 0.506. The molecule has 0 spiro atoms. The molecule has 1 aromatic carbocycles. The number of rotatable bonds is 6. The summed E-state index contributed by atoms with van der Waals surface area (Å²) in [5.74, 6) is 1.55. The van der Waals surface area contributed by atoms with E-state index in [1.54, 1.807) is 14.2 Å². The minimum Gasteiger partial charge on any atom is -0.493 e. The fraction of sp³-hybridized carbons (Fsp3) is 0.500. The second kappa shape index (κ2) is 6.35. The number of hydrogen-bond acceptors (Lipinski definition) is 4. The fourth-order valence-electron chi connectivity index (χ4n) is 1.62. The summed E-state index contributed by atoms with van der Waals surface area (Å²) in [7, 11) is 3.29. The first kappa shape index (κ1) is 12.8. The van der Waals surface area contributed by atoms with Crippen LogP contribution >= 0.6 is 0 Å². The molecule has 0 saturated carbocycles. The number of nitrogens with one attached hydrogen (secondary N) is 1. The fourth-order valence-corrected chi connectivity index (χ4v) is 1.62. The quantitative estimate of drug-likeness (QED) is 0.560. The third-order valence-electron chi connectivity index (χ3n) is 2.56. The second-order valence-corrected chi connectivity index (χ2v) is 3.59. The molecule has 1 rings (SSSR count). The van der Waals surface area contributed by atoms with Crippen molar-refractivity contribution in [2.24, 2.45) is 5.73 Å². The third-order valence-corrected chi connectivity index (χ3v) is 2.56. The highest BCUT2D eigenvalue weighted by Crippen LogP contribution is 2.30. The van der Waals surface area contributed by atoms with E-state index in [1.165, 1.54) is 11.1 Å². The highest BCUT2D eigenvalue weighted by molar-refractivity contribution is 5.47. The summed E-state index contributed by atoms with van der Waals surface area (Å²) in [5, 5.41) is 3.10. The molecule has 0 heterocycles. The number of aryl methyl sites for hydroxylation is 1. The molecule has 4 heteroatoms. The van der Waals surface area contributed by atoms with E-state index in [4.69, 9.17) is 15.2 Å². The molecule has 3 N–H and O–H groups in total. The Labute approximate surface area is 96.7 Å². The van der Waals surface area contributed by atoms with Crippen molar-refractivity contribution in [1.82, 2.24) is 5.32 Å². The molecule has 4 nitrogen and oxygen atoms in total. The van der Waals surface area contributed by atoms with Crippen LogP contribution in [0.1, 0.15) is 11.1 Å². The number of ether oxygens (including phenoxy) is 2. The predicted octanol–water partition coefficient (Wildman–Crippen LogP) is 1.06. The summed E-state index contributed by atoms with van der Waals surface area (Å²) in [4.78, 5) is 0. The van der Waals surface area contributed by atoms with Gasteiger partial charge in [0.1, 0.15) is 0 Å². The maximum absolute atomic E-state index is 5.38. The Balaban J connectivity index is 2.84. The van der Waals surface area contributed by atoms with Gasteiger partial charge in [-0.3, -0.25) is 0 Å². The van der Waals surface area contributed by atoms with Gasteiger partial charge >= 0.3 is 0 Å². The molecule has 16 heavy (non-hydrogen) atoms. The van der Waals surface area contributed by atoms with Gasteiger partial charge in [-0.2, -0.15) is 0 Å². The van der Waals surface area contributed by atoms with Crippen molar-refractivity contribution < 1.29 is 9.47 Å². The average Bonchev–Trinajstić information content (AvgIpc) is 2.31. The van der Waals surface area contributed by atoms with Crippen LogP contribution in [-0.2, 0) is 6.42 Å². The first-order valence-electron chi connectivity index (χ1n) is 5.35. The summed E-state index contributed by atoms with van der Waals surface area (Å²) < 4.78 is 10.5. The molecular weight excluding hydrogens is 204 g/mol. The predicted molar refractivity (Wildman–Crippen MR) is 65.0 cm³/mol. The van der Waals surface area contributed by atoms with Crippen LogP contribution in [0.15, 0.2) is 12.1 Å². The molecule has 0 unspecified atom stereocenters. The van der Waals surface area contributed by atoms with Crippen LogP contribution < -0.4 is 20.5 Å². The SMILES string of the molecule is COc1cc(C)c(CCNCN)cc1OC. The molecule has 0 radical (unpaired) electrons. The number of benzene rings is 1. The van der Waals surface area contributed by atoms with Gasteiger partial charge in [0, 0.05) is 13.2 Å². The van der Waals surface area contributed by atoms with Crippen molar-refractivity contribution >= 4 is 0 Å². The van der Waals surface area contributed by atoms with E-state index >= 15 is 0 Å². The van der Waals surface area contributed by atoms with Crippen LogP contribution in [0.25, 0.3) is 0 Å². The normalized spacial score (nSPS) is 10.2. The van der Waals surface area contributed by atoms with Gasteiger partial charge < -0.3 is 20.5 Å². The second-order valence-electron chi connectivity index (χ2n) is 3.59. The highest BCUT2D eigenvalue weighted by Gasteiger charge is 2.07. The molecular formula is C12H20N2O2. The van der Waals surface area contributed by atoms with Crippen molar-refractivity contribution in [3.63, 3.8) is 0 Å². The lowest BCUT2D eigenvalue weighted by Crippen LogP contribution is -2.24. The van der Waals surface area contributed by atoms with Gasteiger partial charge in [0.2, 0.25) is 0 Å². The molecule has 0 atom stereocenters. The van der Waals surface area contributed by atoms with E-state index < -0.39 is 0 Å². The first-order valence-corrected chi connectivity index (χ1v) is 5.35. The Morgan fingerprint density at radius 1 is 1.19 bits per heavy atom. The first-order chi connectivity index (χ1) is 7.72. The Hall–Kier alpha value is -1.26. The maximum atomic E-state index is 5.38. The van der Waals surface area contributed by atoms with Gasteiger partial charge in [-0.15, -0.1) is 0 Å². The van der Waals surface area contributed by atoms with Crippen molar-refractivity contribution in [2.45, 2.75) is 13.3 Å². The van der Waals surface area contributed by atoms with Crippen molar-refractivity contribution in [1.29, 1.82) is 0 Å². The summed E-state index contributed by atoms with van der Waals surface area (Å²) in [6, 6.07) is 4.02. The average molecular weight is 224 g/mol.